The number of amides is 2. The summed E-state index contributed by atoms with van der Waals surface area (Å²) in [6.07, 6.45) is 0. The minimum atomic E-state index is -0.872. The predicted molar refractivity (Wildman–Crippen MR) is 108 cm³/mol. The first-order valence-corrected chi connectivity index (χ1v) is 9.21. The van der Waals surface area contributed by atoms with Gasteiger partial charge in [-0.2, -0.15) is 0 Å². The number of benzene rings is 2. The first-order valence-electron chi connectivity index (χ1n) is 9.21. The van der Waals surface area contributed by atoms with Gasteiger partial charge in [0.15, 0.2) is 6.61 Å². The lowest BCUT2D eigenvalue weighted by atomic mass is 10.0. The molecule has 0 saturated carbocycles. The van der Waals surface area contributed by atoms with Crippen LogP contribution in [0.5, 0.6) is 0 Å². The number of carbonyl (C=O) groups is 3. The smallest absolute Gasteiger partial charge is 0.328 e. The van der Waals surface area contributed by atoms with Gasteiger partial charge in [0, 0.05) is 11.3 Å². The van der Waals surface area contributed by atoms with Crippen LogP contribution in [0.15, 0.2) is 48.5 Å². The maximum absolute atomic E-state index is 12.2. The average Bonchev–Trinajstić information content (AvgIpc) is 2.66. The molecule has 0 spiro atoms. The molecule has 0 aromatic heterocycles. The van der Waals surface area contributed by atoms with E-state index in [1.807, 2.05) is 45.0 Å². The topological polar surface area (TPSA) is 84.5 Å². The highest BCUT2D eigenvalue weighted by Gasteiger charge is 2.19. The molecule has 0 unspecified atom stereocenters. The van der Waals surface area contributed by atoms with E-state index in [4.69, 9.17) is 4.74 Å². The first-order chi connectivity index (χ1) is 13.3. The summed E-state index contributed by atoms with van der Waals surface area (Å²) >= 11 is 0. The van der Waals surface area contributed by atoms with Gasteiger partial charge in [-0.05, 0) is 43.5 Å². The standard InChI is InChI=1S/C22H26N2O4/c1-14(2)18-10-5-6-11-19(18)24-20(25)13-28-22(27)16(4)23-21(26)17-9-7-8-15(3)12-17/h5-12,14,16H,13H2,1-4H3,(H,23,26)(H,24,25)/t16-/m0/s1. The zero-order valence-corrected chi connectivity index (χ0v) is 16.6. The van der Waals surface area contributed by atoms with Crippen molar-refractivity contribution in [3.8, 4) is 0 Å². The summed E-state index contributed by atoms with van der Waals surface area (Å²) in [4.78, 5) is 36.4. The zero-order chi connectivity index (χ0) is 20.7. The van der Waals surface area contributed by atoms with Crippen LogP contribution in [-0.2, 0) is 14.3 Å². The third-order valence-electron chi connectivity index (χ3n) is 4.18. The number of rotatable bonds is 7. The van der Waals surface area contributed by atoms with E-state index >= 15 is 0 Å². The van der Waals surface area contributed by atoms with Crippen LogP contribution in [-0.4, -0.2) is 30.4 Å². The number of carbonyl (C=O) groups excluding carboxylic acids is 3. The molecule has 28 heavy (non-hydrogen) atoms. The van der Waals surface area contributed by atoms with Crippen molar-refractivity contribution in [3.63, 3.8) is 0 Å². The van der Waals surface area contributed by atoms with E-state index in [0.29, 0.717) is 11.3 Å². The van der Waals surface area contributed by atoms with Gasteiger partial charge in [-0.1, -0.05) is 49.7 Å². The number of para-hydroxylation sites is 1. The van der Waals surface area contributed by atoms with E-state index in [1.165, 1.54) is 6.92 Å². The van der Waals surface area contributed by atoms with Crippen LogP contribution in [0.3, 0.4) is 0 Å². The quantitative estimate of drug-likeness (QED) is 0.719. The normalized spacial score (nSPS) is 11.6. The Hall–Kier alpha value is -3.15. The molecular formula is C22H26N2O4. The SMILES string of the molecule is Cc1cccc(C(=O)N[C@@H](C)C(=O)OCC(=O)Nc2ccccc2C(C)C)c1. The fourth-order valence-electron chi connectivity index (χ4n) is 2.69. The van der Waals surface area contributed by atoms with Crippen LogP contribution in [0.1, 0.15) is 48.2 Å². The Morgan fingerprint density at radius 1 is 1.00 bits per heavy atom. The fourth-order valence-corrected chi connectivity index (χ4v) is 2.69. The number of anilines is 1. The van der Waals surface area contributed by atoms with Crippen molar-refractivity contribution < 1.29 is 19.1 Å². The van der Waals surface area contributed by atoms with Crippen LogP contribution in [0, 0.1) is 6.92 Å². The van der Waals surface area contributed by atoms with Crippen molar-refractivity contribution in [1.82, 2.24) is 5.32 Å². The minimum absolute atomic E-state index is 0.246. The Kier molecular flexibility index (Phi) is 7.32. The van der Waals surface area contributed by atoms with Gasteiger partial charge in [0.2, 0.25) is 0 Å². The Morgan fingerprint density at radius 2 is 1.71 bits per heavy atom. The van der Waals surface area contributed by atoms with E-state index in [1.54, 1.807) is 24.3 Å². The molecule has 0 aliphatic heterocycles. The largest absolute Gasteiger partial charge is 0.454 e. The van der Waals surface area contributed by atoms with Crippen LogP contribution in [0.2, 0.25) is 0 Å². The Balaban J connectivity index is 1.86. The molecule has 0 aliphatic rings. The van der Waals surface area contributed by atoms with Crippen LogP contribution < -0.4 is 10.6 Å². The van der Waals surface area contributed by atoms with Crippen molar-refractivity contribution in [3.05, 3.63) is 65.2 Å². The molecule has 2 amide bonds. The van der Waals surface area contributed by atoms with Gasteiger partial charge in [-0.3, -0.25) is 9.59 Å². The molecular weight excluding hydrogens is 356 g/mol. The molecule has 2 aromatic rings. The van der Waals surface area contributed by atoms with E-state index in [9.17, 15) is 14.4 Å². The molecule has 2 aromatic carbocycles. The molecule has 2 N–H and O–H groups in total. The molecule has 0 aliphatic carbocycles. The number of aryl methyl sites for hydroxylation is 1. The summed E-state index contributed by atoms with van der Waals surface area (Å²) in [5, 5.41) is 5.33. The lowest BCUT2D eigenvalue weighted by Gasteiger charge is -2.15. The second-order valence-electron chi connectivity index (χ2n) is 6.96. The summed E-state index contributed by atoms with van der Waals surface area (Å²) in [5.41, 5.74) is 3.10. The van der Waals surface area contributed by atoms with Crippen LogP contribution in [0.4, 0.5) is 5.69 Å². The molecule has 2 rings (SSSR count). The van der Waals surface area contributed by atoms with Crippen molar-refractivity contribution in [1.29, 1.82) is 0 Å². The van der Waals surface area contributed by atoms with Gasteiger partial charge < -0.3 is 15.4 Å². The number of nitrogens with one attached hydrogen (secondary N) is 2. The van der Waals surface area contributed by atoms with Gasteiger partial charge in [0.05, 0.1) is 0 Å². The van der Waals surface area contributed by atoms with Gasteiger partial charge in [0.25, 0.3) is 11.8 Å². The lowest BCUT2D eigenvalue weighted by Crippen LogP contribution is -2.40. The van der Waals surface area contributed by atoms with Crippen molar-refractivity contribution in [2.75, 3.05) is 11.9 Å². The number of esters is 1. The highest BCUT2D eigenvalue weighted by Crippen LogP contribution is 2.23. The maximum Gasteiger partial charge on any atom is 0.328 e. The second kappa shape index (κ2) is 9.69. The average molecular weight is 382 g/mol. The van der Waals surface area contributed by atoms with E-state index in [2.05, 4.69) is 10.6 Å². The third kappa shape index (κ3) is 5.94. The summed E-state index contributed by atoms with van der Waals surface area (Å²) in [5.74, 6) is -1.23. The predicted octanol–water partition coefficient (Wildman–Crippen LogP) is 3.42. The number of hydrogen-bond donors (Lipinski definition) is 2. The van der Waals surface area contributed by atoms with Gasteiger partial charge in [-0.15, -0.1) is 0 Å². The van der Waals surface area contributed by atoms with E-state index in [0.717, 1.165) is 11.1 Å². The Bertz CT molecular complexity index is 861. The molecule has 1 atom stereocenters. The molecule has 0 radical (unpaired) electrons. The maximum atomic E-state index is 12.2. The Labute approximate surface area is 165 Å². The minimum Gasteiger partial charge on any atom is -0.454 e. The molecule has 0 bridgehead atoms. The van der Waals surface area contributed by atoms with E-state index < -0.39 is 24.5 Å². The van der Waals surface area contributed by atoms with Gasteiger partial charge in [0.1, 0.15) is 6.04 Å². The van der Waals surface area contributed by atoms with Gasteiger partial charge >= 0.3 is 5.97 Å². The van der Waals surface area contributed by atoms with Crippen LogP contribution >= 0.6 is 0 Å². The molecule has 0 saturated heterocycles. The summed E-state index contributed by atoms with van der Waals surface area (Å²) in [6.45, 7) is 7.04. The highest BCUT2D eigenvalue weighted by atomic mass is 16.5. The summed E-state index contributed by atoms with van der Waals surface area (Å²) < 4.78 is 5.03. The summed E-state index contributed by atoms with van der Waals surface area (Å²) in [7, 11) is 0. The third-order valence-corrected chi connectivity index (χ3v) is 4.18. The fraction of sp³-hybridized carbons (Fsp3) is 0.318. The molecule has 0 heterocycles. The van der Waals surface area contributed by atoms with Crippen molar-refractivity contribution in [2.24, 2.45) is 0 Å². The lowest BCUT2D eigenvalue weighted by molar-refractivity contribution is -0.148. The van der Waals surface area contributed by atoms with E-state index in [-0.39, 0.29) is 11.8 Å². The number of ether oxygens (including phenoxy) is 1. The number of hydrogen-bond acceptors (Lipinski definition) is 4. The monoisotopic (exact) mass is 382 g/mol. The first kappa shape index (κ1) is 21.2. The highest BCUT2D eigenvalue weighted by molar-refractivity contribution is 5.97. The molecule has 0 fully saturated rings. The van der Waals surface area contributed by atoms with Crippen molar-refractivity contribution >= 4 is 23.5 Å². The second-order valence-corrected chi connectivity index (χ2v) is 6.96. The Morgan fingerprint density at radius 3 is 2.39 bits per heavy atom. The molecule has 148 valence electrons. The zero-order valence-electron chi connectivity index (χ0n) is 16.6. The molecule has 6 heteroatoms. The van der Waals surface area contributed by atoms with Crippen LogP contribution in [0.25, 0.3) is 0 Å². The molecule has 6 nitrogen and oxygen atoms in total. The van der Waals surface area contributed by atoms with Crippen molar-refractivity contribution in [2.45, 2.75) is 39.7 Å². The van der Waals surface area contributed by atoms with Gasteiger partial charge in [-0.25, -0.2) is 4.79 Å². The summed E-state index contributed by atoms with van der Waals surface area (Å²) in [6, 6.07) is 13.7.